The summed E-state index contributed by atoms with van der Waals surface area (Å²) in [6.07, 6.45) is 7.83. The van der Waals surface area contributed by atoms with Crippen LogP contribution in [0.1, 0.15) is 83.8 Å². The molecule has 1 saturated carbocycles. The second-order valence-electron chi connectivity index (χ2n) is 11.1. The number of carbonyl (C=O) groups is 2. The van der Waals surface area contributed by atoms with Crippen molar-refractivity contribution in [3.63, 3.8) is 0 Å². The summed E-state index contributed by atoms with van der Waals surface area (Å²) in [7, 11) is 0. The first-order valence-electron chi connectivity index (χ1n) is 12.2. The molecule has 1 amide bonds. The minimum atomic E-state index is -0.607. The van der Waals surface area contributed by atoms with Gasteiger partial charge in [-0.25, -0.2) is 9.59 Å². The Kier molecular flexibility index (Phi) is 6.27. The molecule has 176 valence electrons. The Hall–Kier alpha value is -2.08. The van der Waals surface area contributed by atoms with Crippen LogP contribution in [0.2, 0.25) is 0 Å². The molecule has 0 radical (unpaired) electrons. The summed E-state index contributed by atoms with van der Waals surface area (Å²) in [5.74, 6) is 0.662. The number of likely N-dealkylation sites (tertiary alicyclic amines) is 1. The number of fused-ring (bicyclic) bond motifs is 4. The third-order valence-electron chi connectivity index (χ3n) is 7.56. The first kappa shape index (κ1) is 23.1. The first-order valence-corrected chi connectivity index (χ1v) is 12.2. The number of hydrogen-bond donors (Lipinski definition) is 1. The van der Waals surface area contributed by atoms with Gasteiger partial charge in [-0.2, -0.15) is 0 Å². The zero-order valence-electron chi connectivity index (χ0n) is 20.0. The highest BCUT2D eigenvalue weighted by atomic mass is 16.6. The summed E-state index contributed by atoms with van der Waals surface area (Å²) in [5.41, 5.74) is 8.65. The van der Waals surface area contributed by atoms with Gasteiger partial charge in [0.25, 0.3) is 0 Å². The summed E-state index contributed by atoms with van der Waals surface area (Å²) in [4.78, 5) is 27.1. The lowest BCUT2D eigenvalue weighted by molar-refractivity contribution is -0.139. The van der Waals surface area contributed by atoms with Crippen molar-refractivity contribution in [2.75, 3.05) is 6.54 Å². The maximum Gasteiger partial charge on any atom is 0.411 e. The highest BCUT2D eigenvalue weighted by Crippen LogP contribution is 2.46. The van der Waals surface area contributed by atoms with Gasteiger partial charge in [-0.3, -0.25) is 4.90 Å². The Morgan fingerprint density at radius 2 is 1.91 bits per heavy atom. The molecule has 3 aliphatic rings. The van der Waals surface area contributed by atoms with E-state index in [-0.39, 0.29) is 11.5 Å². The number of carbonyl (C=O) groups excluding carboxylic acids is 2. The van der Waals surface area contributed by atoms with Crippen molar-refractivity contribution in [3.8, 4) is 5.75 Å². The summed E-state index contributed by atoms with van der Waals surface area (Å²) in [6.45, 7) is 8.26. The molecule has 1 heterocycles. The van der Waals surface area contributed by atoms with E-state index in [2.05, 4.69) is 13.0 Å². The molecule has 4 rings (SSSR count). The lowest BCUT2D eigenvalue weighted by atomic mass is 9.60. The number of esters is 1. The molecule has 1 aliphatic heterocycles. The molecule has 32 heavy (non-hydrogen) atoms. The predicted molar refractivity (Wildman–Crippen MR) is 124 cm³/mol. The second kappa shape index (κ2) is 8.69. The van der Waals surface area contributed by atoms with Crippen molar-refractivity contribution in [3.05, 3.63) is 29.3 Å². The van der Waals surface area contributed by atoms with E-state index < -0.39 is 23.7 Å². The van der Waals surface area contributed by atoms with Crippen molar-refractivity contribution in [2.45, 2.75) is 102 Å². The molecule has 2 fully saturated rings. The summed E-state index contributed by atoms with van der Waals surface area (Å²) in [6, 6.07) is 5.54. The predicted octanol–water partition coefficient (Wildman–Crippen LogP) is 4.71. The molecule has 2 aliphatic carbocycles. The van der Waals surface area contributed by atoms with Gasteiger partial charge in [0.05, 0.1) is 0 Å². The molecule has 0 aromatic heterocycles. The SMILES string of the molecule is CC(C)(C)OC(=O)N1CCC[C@H]1C(=O)Oc1ccc2c(c1)[C@@]1(C)CCCCC[C@@H](C2)[C@@H]1N. The Morgan fingerprint density at radius 1 is 1.12 bits per heavy atom. The molecule has 1 saturated heterocycles. The largest absolute Gasteiger partial charge is 0.444 e. The average molecular weight is 443 g/mol. The Bertz CT molecular complexity index is 877. The van der Waals surface area contributed by atoms with E-state index in [1.165, 1.54) is 41.7 Å². The quantitative estimate of drug-likeness (QED) is 0.530. The molecule has 6 nitrogen and oxygen atoms in total. The molecule has 2 N–H and O–H groups in total. The molecule has 4 atom stereocenters. The van der Waals surface area contributed by atoms with E-state index in [1.807, 2.05) is 32.9 Å². The smallest absolute Gasteiger partial charge is 0.411 e. The van der Waals surface area contributed by atoms with Crippen LogP contribution in [0.15, 0.2) is 18.2 Å². The lowest BCUT2D eigenvalue weighted by Crippen LogP contribution is -2.52. The fraction of sp³-hybridized carbons (Fsp3) is 0.692. The van der Waals surface area contributed by atoms with Crippen LogP contribution in [0.4, 0.5) is 4.79 Å². The topological polar surface area (TPSA) is 81.9 Å². The average Bonchev–Trinajstić information content (AvgIpc) is 3.21. The minimum absolute atomic E-state index is 0.100. The van der Waals surface area contributed by atoms with Gasteiger partial charge in [-0.15, -0.1) is 0 Å². The van der Waals surface area contributed by atoms with E-state index in [1.54, 1.807) is 0 Å². The molecular formula is C26H38N2O4. The number of rotatable bonds is 2. The molecule has 6 heteroatoms. The highest BCUT2D eigenvalue weighted by molar-refractivity contribution is 5.83. The van der Waals surface area contributed by atoms with Crippen molar-refractivity contribution in [1.82, 2.24) is 4.90 Å². The van der Waals surface area contributed by atoms with E-state index in [4.69, 9.17) is 15.2 Å². The summed E-state index contributed by atoms with van der Waals surface area (Å²) < 4.78 is 11.3. The number of nitrogens with zero attached hydrogens (tertiary/aromatic N) is 1. The van der Waals surface area contributed by atoms with Crippen LogP contribution in [0.3, 0.4) is 0 Å². The van der Waals surface area contributed by atoms with Gasteiger partial charge in [0.2, 0.25) is 0 Å². The van der Waals surface area contributed by atoms with Crippen LogP contribution in [0, 0.1) is 5.92 Å². The van der Waals surface area contributed by atoms with Crippen molar-refractivity contribution in [2.24, 2.45) is 11.7 Å². The van der Waals surface area contributed by atoms with E-state index in [9.17, 15) is 9.59 Å². The number of ether oxygens (including phenoxy) is 2. The van der Waals surface area contributed by atoms with Crippen molar-refractivity contribution >= 4 is 12.1 Å². The van der Waals surface area contributed by atoms with Gasteiger partial charge in [0.15, 0.2) is 0 Å². The third kappa shape index (κ3) is 4.52. The van der Waals surface area contributed by atoms with Crippen LogP contribution >= 0.6 is 0 Å². The Morgan fingerprint density at radius 3 is 2.66 bits per heavy atom. The number of nitrogens with two attached hydrogens (primary N) is 1. The van der Waals surface area contributed by atoms with Crippen LogP contribution in [0.25, 0.3) is 0 Å². The Balaban J connectivity index is 1.53. The van der Waals surface area contributed by atoms with E-state index in [0.717, 1.165) is 19.3 Å². The zero-order chi connectivity index (χ0) is 23.1. The minimum Gasteiger partial charge on any atom is -0.444 e. The first-order chi connectivity index (χ1) is 15.1. The van der Waals surface area contributed by atoms with Crippen LogP contribution in [0.5, 0.6) is 5.75 Å². The van der Waals surface area contributed by atoms with E-state index >= 15 is 0 Å². The van der Waals surface area contributed by atoms with Crippen molar-refractivity contribution in [1.29, 1.82) is 0 Å². The van der Waals surface area contributed by atoms with Gasteiger partial charge >= 0.3 is 12.1 Å². The van der Waals surface area contributed by atoms with Gasteiger partial charge in [0, 0.05) is 18.0 Å². The van der Waals surface area contributed by atoms with Crippen LogP contribution in [-0.4, -0.2) is 41.2 Å². The maximum absolute atomic E-state index is 13.0. The monoisotopic (exact) mass is 442 g/mol. The molecule has 1 aromatic rings. The van der Waals surface area contributed by atoms with Crippen LogP contribution in [-0.2, 0) is 21.4 Å². The van der Waals surface area contributed by atoms with Crippen molar-refractivity contribution < 1.29 is 19.1 Å². The standard InChI is InChI=1S/C26H38N2O4/c1-25(2,3)32-24(30)28-14-8-10-21(28)23(29)31-19-12-11-17-15-18-9-6-5-7-13-26(4,22(18)27)20(17)16-19/h11-12,16,18,21-22H,5-10,13-15,27H2,1-4H3/t18-,21-,22-,26+/m0/s1. The van der Waals surface area contributed by atoms with Gasteiger partial charge in [-0.1, -0.05) is 32.3 Å². The van der Waals surface area contributed by atoms with E-state index in [0.29, 0.717) is 24.6 Å². The van der Waals surface area contributed by atoms with Gasteiger partial charge in [0.1, 0.15) is 17.4 Å². The summed E-state index contributed by atoms with van der Waals surface area (Å²) >= 11 is 0. The number of hydrogen-bond acceptors (Lipinski definition) is 5. The fourth-order valence-corrected chi connectivity index (χ4v) is 5.83. The van der Waals surface area contributed by atoms with Crippen LogP contribution < -0.4 is 10.5 Å². The molecule has 1 aromatic carbocycles. The maximum atomic E-state index is 13.0. The fourth-order valence-electron chi connectivity index (χ4n) is 5.83. The molecule has 2 bridgehead atoms. The number of amides is 1. The number of benzene rings is 1. The zero-order valence-corrected chi connectivity index (χ0v) is 20.0. The molecule has 0 unspecified atom stereocenters. The highest BCUT2D eigenvalue weighted by Gasteiger charge is 2.44. The lowest BCUT2D eigenvalue weighted by Gasteiger charge is -2.47. The molecular weight excluding hydrogens is 404 g/mol. The summed E-state index contributed by atoms with van der Waals surface area (Å²) in [5, 5.41) is 0. The van der Waals surface area contributed by atoms with Gasteiger partial charge < -0.3 is 15.2 Å². The molecule has 0 spiro atoms. The van der Waals surface area contributed by atoms with Gasteiger partial charge in [-0.05, 0) is 82.1 Å². The second-order valence-corrected chi connectivity index (χ2v) is 11.1. The third-order valence-corrected chi connectivity index (χ3v) is 7.56. The normalized spacial score (nSPS) is 30.2. The Labute approximate surface area is 191 Å².